The highest BCUT2D eigenvalue weighted by molar-refractivity contribution is 9.10. The van der Waals surface area contributed by atoms with Crippen molar-refractivity contribution in [3.8, 4) is 0 Å². The van der Waals surface area contributed by atoms with Crippen LogP contribution in [-0.4, -0.2) is 4.98 Å². The molecule has 1 heterocycles. The van der Waals surface area contributed by atoms with Crippen LogP contribution in [0.4, 0.5) is 0 Å². The first-order chi connectivity index (χ1) is 7.09. The Labute approximate surface area is 100 Å². The van der Waals surface area contributed by atoms with E-state index in [0.29, 0.717) is 0 Å². The first kappa shape index (κ1) is 12.7. The number of rotatable bonds is 5. The lowest BCUT2D eigenvalue weighted by molar-refractivity contribution is 0.501. The van der Waals surface area contributed by atoms with E-state index in [2.05, 4.69) is 34.8 Å². The van der Waals surface area contributed by atoms with Gasteiger partial charge in [-0.25, -0.2) is 0 Å². The van der Waals surface area contributed by atoms with E-state index in [9.17, 15) is 0 Å². The minimum Gasteiger partial charge on any atom is -0.323 e. The third-order valence-electron chi connectivity index (χ3n) is 2.43. The minimum atomic E-state index is 0.0804. The van der Waals surface area contributed by atoms with E-state index >= 15 is 0 Å². The molecule has 0 aliphatic heterocycles. The van der Waals surface area contributed by atoms with Crippen molar-refractivity contribution in [1.82, 2.24) is 4.98 Å². The Morgan fingerprint density at radius 3 is 2.60 bits per heavy atom. The lowest BCUT2D eigenvalue weighted by Crippen LogP contribution is -2.12. The summed E-state index contributed by atoms with van der Waals surface area (Å²) in [6.45, 7) is 4.48. The molecule has 0 saturated carbocycles. The Morgan fingerprint density at radius 1 is 1.33 bits per heavy atom. The molecule has 1 atom stereocenters. The van der Waals surface area contributed by atoms with Crippen molar-refractivity contribution in [3.05, 3.63) is 28.5 Å². The molecule has 2 N–H and O–H groups in total. The van der Waals surface area contributed by atoms with Crippen LogP contribution in [0.25, 0.3) is 0 Å². The average Bonchev–Trinajstić information content (AvgIpc) is 2.18. The van der Waals surface area contributed by atoms with Gasteiger partial charge in [0.2, 0.25) is 0 Å². The van der Waals surface area contributed by atoms with E-state index in [0.717, 1.165) is 22.5 Å². The molecular formula is C12H19BrN2. The van der Waals surface area contributed by atoms with Crippen molar-refractivity contribution < 1.29 is 0 Å². The Kier molecular flexibility index (Phi) is 5.26. The minimum absolute atomic E-state index is 0.0804. The standard InChI is InChI=1S/C12H19BrN2/c1-9(2)4-3-5-11(14)12-7-6-10(13)8-15-12/h6-9,11H,3-5,14H2,1-2H3. The van der Waals surface area contributed by atoms with Crippen LogP contribution in [0.5, 0.6) is 0 Å². The van der Waals surface area contributed by atoms with Crippen LogP contribution in [-0.2, 0) is 0 Å². The molecule has 1 rings (SSSR count). The number of halogens is 1. The monoisotopic (exact) mass is 270 g/mol. The predicted octanol–water partition coefficient (Wildman–Crippen LogP) is 3.67. The van der Waals surface area contributed by atoms with Gasteiger partial charge >= 0.3 is 0 Å². The van der Waals surface area contributed by atoms with Gasteiger partial charge in [0.15, 0.2) is 0 Å². The van der Waals surface area contributed by atoms with Crippen LogP contribution in [0.2, 0.25) is 0 Å². The normalized spacial score (nSPS) is 13.1. The highest BCUT2D eigenvalue weighted by atomic mass is 79.9. The SMILES string of the molecule is CC(C)CCCC(N)c1ccc(Br)cn1. The first-order valence-electron chi connectivity index (χ1n) is 5.46. The van der Waals surface area contributed by atoms with Gasteiger partial charge < -0.3 is 5.73 Å². The van der Waals surface area contributed by atoms with Gasteiger partial charge in [-0.05, 0) is 40.4 Å². The lowest BCUT2D eigenvalue weighted by atomic mass is 10.0. The van der Waals surface area contributed by atoms with Crippen molar-refractivity contribution >= 4 is 15.9 Å². The summed E-state index contributed by atoms with van der Waals surface area (Å²) < 4.78 is 1.00. The molecule has 0 fully saturated rings. The molecule has 15 heavy (non-hydrogen) atoms. The van der Waals surface area contributed by atoms with E-state index in [1.54, 1.807) is 6.20 Å². The second-order valence-corrected chi connectivity index (χ2v) is 5.25. The molecule has 1 unspecified atom stereocenters. The van der Waals surface area contributed by atoms with Gasteiger partial charge in [-0.3, -0.25) is 4.98 Å². The molecule has 0 aliphatic rings. The van der Waals surface area contributed by atoms with E-state index in [-0.39, 0.29) is 6.04 Å². The zero-order valence-electron chi connectivity index (χ0n) is 9.41. The van der Waals surface area contributed by atoms with Gasteiger partial charge in [-0.15, -0.1) is 0 Å². The summed E-state index contributed by atoms with van der Waals surface area (Å²) in [5.74, 6) is 0.759. The molecule has 0 radical (unpaired) electrons. The zero-order chi connectivity index (χ0) is 11.3. The average molecular weight is 271 g/mol. The van der Waals surface area contributed by atoms with Gasteiger partial charge in [0.05, 0.1) is 5.69 Å². The third kappa shape index (κ3) is 4.76. The van der Waals surface area contributed by atoms with Crippen molar-refractivity contribution in [1.29, 1.82) is 0 Å². The van der Waals surface area contributed by atoms with Gasteiger partial charge in [0.1, 0.15) is 0 Å². The lowest BCUT2D eigenvalue weighted by Gasteiger charge is -2.11. The maximum absolute atomic E-state index is 6.05. The summed E-state index contributed by atoms with van der Waals surface area (Å²) in [5, 5.41) is 0. The van der Waals surface area contributed by atoms with Crippen LogP contribution < -0.4 is 5.73 Å². The number of nitrogens with two attached hydrogens (primary N) is 1. The van der Waals surface area contributed by atoms with Crippen LogP contribution in [0.15, 0.2) is 22.8 Å². The molecule has 0 aliphatic carbocycles. The van der Waals surface area contributed by atoms with Crippen molar-refractivity contribution in [2.75, 3.05) is 0 Å². The fourth-order valence-corrected chi connectivity index (χ4v) is 1.74. The molecular weight excluding hydrogens is 252 g/mol. The smallest absolute Gasteiger partial charge is 0.0571 e. The third-order valence-corrected chi connectivity index (χ3v) is 2.90. The highest BCUT2D eigenvalue weighted by Gasteiger charge is 2.07. The summed E-state index contributed by atoms with van der Waals surface area (Å²) in [6, 6.07) is 4.06. The van der Waals surface area contributed by atoms with Crippen molar-refractivity contribution in [2.24, 2.45) is 11.7 Å². The molecule has 2 nitrogen and oxygen atoms in total. The molecule has 3 heteroatoms. The van der Waals surface area contributed by atoms with Crippen LogP contribution in [0, 0.1) is 5.92 Å². The molecule has 84 valence electrons. The van der Waals surface area contributed by atoms with Gasteiger partial charge in [-0.1, -0.05) is 26.7 Å². The Morgan fingerprint density at radius 2 is 2.07 bits per heavy atom. The van der Waals surface area contributed by atoms with E-state index < -0.39 is 0 Å². The zero-order valence-corrected chi connectivity index (χ0v) is 11.0. The number of hydrogen-bond acceptors (Lipinski definition) is 2. The number of nitrogens with zero attached hydrogens (tertiary/aromatic N) is 1. The quantitative estimate of drug-likeness (QED) is 0.887. The summed E-state index contributed by atoms with van der Waals surface area (Å²) in [7, 11) is 0. The topological polar surface area (TPSA) is 38.9 Å². The first-order valence-corrected chi connectivity index (χ1v) is 6.26. The van der Waals surface area contributed by atoms with Gasteiger partial charge in [0.25, 0.3) is 0 Å². The molecule has 1 aromatic heterocycles. The number of aromatic nitrogens is 1. The predicted molar refractivity (Wildman–Crippen MR) is 67.6 cm³/mol. The maximum atomic E-state index is 6.05. The second-order valence-electron chi connectivity index (χ2n) is 4.33. The van der Waals surface area contributed by atoms with Gasteiger partial charge in [0, 0.05) is 16.7 Å². The Balaban J connectivity index is 2.40. The van der Waals surface area contributed by atoms with E-state index in [1.165, 1.54) is 12.8 Å². The Hall–Kier alpha value is -0.410. The maximum Gasteiger partial charge on any atom is 0.0571 e. The molecule has 0 spiro atoms. The molecule has 0 bridgehead atoms. The summed E-state index contributed by atoms with van der Waals surface area (Å²) in [4.78, 5) is 4.30. The Bertz CT molecular complexity index is 282. The van der Waals surface area contributed by atoms with Gasteiger partial charge in [-0.2, -0.15) is 0 Å². The summed E-state index contributed by atoms with van der Waals surface area (Å²) >= 11 is 3.36. The van der Waals surface area contributed by atoms with E-state index in [4.69, 9.17) is 5.73 Å². The largest absolute Gasteiger partial charge is 0.323 e. The fraction of sp³-hybridized carbons (Fsp3) is 0.583. The van der Waals surface area contributed by atoms with Crippen LogP contribution in [0.3, 0.4) is 0 Å². The summed E-state index contributed by atoms with van der Waals surface area (Å²) in [6.07, 6.45) is 5.24. The summed E-state index contributed by atoms with van der Waals surface area (Å²) in [5.41, 5.74) is 7.04. The fourth-order valence-electron chi connectivity index (χ4n) is 1.50. The van der Waals surface area contributed by atoms with E-state index in [1.807, 2.05) is 12.1 Å². The van der Waals surface area contributed by atoms with Crippen LogP contribution >= 0.6 is 15.9 Å². The molecule has 0 aromatic carbocycles. The molecule has 0 saturated heterocycles. The van der Waals surface area contributed by atoms with Crippen molar-refractivity contribution in [3.63, 3.8) is 0 Å². The highest BCUT2D eigenvalue weighted by Crippen LogP contribution is 2.18. The molecule has 1 aromatic rings. The molecule has 0 amide bonds. The van der Waals surface area contributed by atoms with Crippen LogP contribution in [0.1, 0.15) is 44.8 Å². The number of hydrogen-bond donors (Lipinski definition) is 1. The van der Waals surface area contributed by atoms with Crippen molar-refractivity contribution in [2.45, 2.75) is 39.2 Å². The second kappa shape index (κ2) is 6.23. The number of pyridine rings is 1.